The highest BCUT2D eigenvalue weighted by Gasteiger charge is 2.04. The van der Waals surface area contributed by atoms with Crippen LogP contribution in [0.2, 0.25) is 15.1 Å². The fourth-order valence-electron chi connectivity index (χ4n) is 0.901. The van der Waals surface area contributed by atoms with Gasteiger partial charge in [0, 0.05) is 12.3 Å². The molecule has 0 spiro atoms. The SMILES string of the molecule is COC(=O)/C=C/Nc1cc(Cl)c(Cl)cc1Cl. The molecule has 0 bridgehead atoms. The van der Waals surface area contributed by atoms with Crippen LogP contribution in [0.1, 0.15) is 0 Å². The summed E-state index contributed by atoms with van der Waals surface area (Å²) in [5.41, 5.74) is 0.552. The van der Waals surface area contributed by atoms with Crippen molar-refractivity contribution in [2.45, 2.75) is 0 Å². The van der Waals surface area contributed by atoms with E-state index in [9.17, 15) is 4.79 Å². The van der Waals surface area contributed by atoms with E-state index in [1.165, 1.54) is 25.5 Å². The molecule has 1 aromatic carbocycles. The highest BCUT2D eigenvalue weighted by atomic mass is 35.5. The molecule has 0 aromatic heterocycles. The second-order valence-corrected chi connectivity index (χ2v) is 3.97. The number of carbonyl (C=O) groups is 1. The van der Waals surface area contributed by atoms with E-state index in [-0.39, 0.29) is 0 Å². The number of anilines is 1. The first-order chi connectivity index (χ1) is 7.54. The van der Waals surface area contributed by atoms with Crippen molar-refractivity contribution in [2.24, 2.45) is 0 Å². The first-order valence-electron chi connectivity index (χ1n) is 4.20. The molecular formula is C10H8Cl3NO2. The molecule has 3 nitrogen and oxygen atoms in total. The Bertz CT molecular complexity index is 432. The Labute approximate surface area is 108 Å². The second-order valence-electron chi connectivity index (χ2n) is 2.75. The van der Waals surface area contributed by atoms with E-state index in [4.69, 9.17) is 34.8 Å². The third-order valence-corrected chi connectivity index (χ3v) is 2.70. The normalized spacial score (nSPS) is 10.5. The minimum atomic E-state index is -0.469. The van der Waals surface area contributed by atoms with Crippen LogP contribution in [0.15, 0.2) is 24.4 Å². The first kappa shape index (κ1) is 13.2. The third-order valence-electron chi connectivity index (χ3n) is 1.67. The Morgan fingerprint density at radius 3 is 2.50 bits per heavy atom. The van der Waals surface area contributed by atoms with Crippen LogP contribution in [0.3, 0.4) is 0 Å². The van der Waals surface area contributed by atoms with E-state index in [1.54, 1.807) is 6.07 Å². The molecule has 0 heterocycles. The molecule has 1 aromatic rings. The monoisotopic (exact) mass is 279 g/mol. The fraction of sp³-hybridized carbons (Fsp3) is 0.100. The Balaban J connectivity index is 2.78. The molecular weight excluding hydrogens is 272 g/mol. The van der Waals surface area contributed by atoms with Crippen molar-refractivity contribution < 1.29 is 9.53 Å². The van der Waals surface area contributed by atoms with Crippen molar-refractivity contribution in [1.82, 2.24) is 0 Å². The smallest absolute Gasteiger partial charge is 0.331 e. The summed E-state index contributed by atoms with van der Waals surface area (Å²) in [5.74, 6) is -0.469. The van der Waals surface area contributed by atoms with Gasteiger partial charge in [0.1, 0.15) is 0 Å². The fourth-order valence-corrected chi connectivity index (χ4v) is 1.50. The van der Waals surface area contributed by atoms with Crippen LogP contribution in [-0.2, 0) is 9.53 Å². The van der Waals surface area contributed by atoms with Gasteiger partial charge in [-0.15, -0.1) is 0 Å². The van der Waals surface area contributed by atoms with Gasteiger partial charge in [-0.1, -0.05) is 34.8 Å². The quantitative estimate of drug-likeness (QED) is 0.521. The van der Waals surface area contributed by atoms with Gasteiger partial charge in [-0.05, 0) is 12.1 Å². The van der Waals surface area contributed by atoms with Crippen LogP contribution in [0.5, 0.6) is 0 Å². The minimum Gasteiger partial charge on any atom is -0.466 e. The molecule has 0 radical (unpaired) electrons. The molecule has 6 heteroatoms. The van der Waals surface area contributed by atoms with Crippen molar-refractivity contribution in [2.75, 3.05) is 12.4 Å². The van der Waals surface area contributed by atoms with E-state index in [0.29, 0.717) is 20.8 Å². The number of esters is 1. The molecule has 0 saturated heterocycles. The summed E-state index contributed by atoms with van der Waals surface area (Å²) in [6.07, 6.45) is 2.62. The van der Waals surface area contributed by atoms with E-state index in [2.05, 4.69) is 10.1 Å². The highest BCUT2D eigenvalue weighted by Crippen LogP contribution is 2.32. The topological polar surface area (TPSA) is 38.3 Å². The summed E-state index contributed by atoms with van der Waals surface area (Å²) >= 11 is 17.5. The summed E-state index contributed by atoms with van der Waals surface area (Å²) < 4.78 is 4.42. The lowest BCUT2D eigenvalue weighted by Gasteiger charge is -2.05. The summed E-state index contributed by atoms with van der Waals surface area (Å²) in [6.45, 7) is 0. The Morgan fingerprint density at radius 2 is 1.88 bits per heavy atom. The van der Waals surface area contributed by atoms with Gasteiger partial charge in [0.25, 0.3) is 0 Å². The lowest BCUT2D eigenvalue weighted by atomic mass is 10.3. The number of hydrogen-bond acceptors (Lipinski definition) is 3. The molecule has 1 rings (SSSR count). The standard InChI is InChI=1S/C10H8Cl3NO2/c1-16-10(15)2-3-14-9-5-7(12)6(11)4-8(9)13/h2-5,14H,1H3/b3-2+. The lowest BCUT2D eigenvalue weighted by molar-refractivity contribution is -0.134. The summed E-state index contributed by atoms with van der Waals surface area (Å²) in [6, 6.07) is 3.08. The number of halogens is 3. The van der Waals surface area contributed by atoms with Gasteiger partial charge >= 0.3 is 5.97 Å². The molecule has 0 aliphatic heterocycles. The van der Waals surface area contributed by atoms with Gasteiger partial charge in [-0.25, -0.2) is 4.79 Å². The van der Waals surface area contributed by atoms with Crippen molar-refractivity contribution in [3.05, 3.63) is 39.5 Å². The molecule has 16 heavy (non-hydrogen) atoms. The Morgan fingerprint density at radius 1 is 1.25 bits per heavy atom. The molecule has 0 aliphatic carbocycles. The minimum absolute atomic E-state index is 0.370. The molecule has 1 N–H and O–H groups in total. The van der Waals surface area contributed by atoms with Gasteiger partial charge in [0.05, 0.1) is 27.9 Å². The molecule has 0 atom stereocenters. The van der Waals surface area contributed by atoms with E-state index < -0.39 is 5.97 Å². The van der Waals surface area contributed by atoms with E-state index >= 15 is 0 Å². The molecule has 0 aliphatic rings. The predicted molar refractivity (Wildman–Crippen MR) is 66.3 cm³/mol. The molecule has 0 amide bonds. The average Bonchev–Trinajstić information content (AvgIpc) is 2.25. The molecule has 0 saturated carbocycles. The molecule has 0 unspecified atom stereocenters. The number of rotatable bonds is 3. The number of carbonyl (C=O) groups excluding carboxylic acids is 1. The van der Waals surface area contributed by atoms with Crippen LogP contribution in [0, 0.1) is 0 Å². The maximum Gasteiger partial charge on any atom is 0.331 e. The van der Waals surface area contributed by atoms with Gasteiger partial charge in [-0.2, -0.15) is 0 Å². The maximum absolute atomic E-state index is 10.8. The van der Waals surface area contributed by atoms with Crippen LogP contribution >= 0.6 is 34.8 Å². The van der Waals surface area contributed by atoms with E-state index in [1.807, 2.05) is 0 Å². The van der Waals surface area contributed by atoms with Crippen LogP contribution < -0.4 is 5.32 Å². The van der Waals surface area contributed by atoms with Crippen molar-refractivity contribution in [3.8, 4) is 0 Å². The third kappa shape index (κ3) is 3.59. The number of methoxy groups -OCH3 is 1. The zero-order valence-corrected chi connectivity index (χ0v) is 10.5. The van der Waals surface area contributed by atoms with Gasteiger partial charge in [0.2, 0.25) is 0 Å². The molecule has 0 fully saturated rings. The predicted octanol–water partition coefficient (Wildman–Crippen LogP) is 3.75. The Hall–Kier alpha value is -0.900. The zero-order valence-electron chi connectivity index (χ0n) is 8.26. The molecule has 86 valence electrons. The number of hydrogen-bond donors (Lipinski definition) is 1. The van der Waals surface area contributed by atoms with Crippen LogP contribution in [0.25, 0.3) is 0 Å². The van der Waals surface area contributed by atoms with Gasteiger partial charge < -0.3 is 10.1 Å². The van der Waals surface area contributed by atoms with Crippen LogP contribution in [-0.4, -0.2) is 13.1 Å². The number of nitrogens with one attached hydrogen (secondary N) is 1. The first-order valence-corrected chi connectivity index (χ1v) is 5.33. The van der Waals surface area contributed by atoms with Crippen LogP contribution in [0.4, 0.5) is 5.69 Å². The Kier molecular flexibility index (Phi) is 4.93. The number of benzene rings is 1. The van der Waals surface area contributed by atoms with Gasteiger partial charge in [-0.3, -0.25) is 0 Å². The average molecular weight is 281 g/mol. The van der Waals surface area contributed by atoms with Crippen molar-refractivity contribution in [3.63, 3.8) is 0 Å². The maximum atomic E-state index is 10.8. The highest BCUT2D eigenvalue weighted by molar-refractivity contribution is 6.44. The summed E-state index contributed by atoms with van der Waals surface area (Å²) in [7, 11) is 1.29. The van der Waals surface area contributed by atoms with Gasteiger partial charge in [0.15, 0.2) is 0 Å². The summed E-state index contributed by atoms with van der Waals surface area (Å²) in [5, 5.41) is 3.94. The second kappa shape index (κ2) is 5.99. The van der Waals surface area contributed by atoms with Crippen molar-refractivity contribution in [1.29, 1.82) is 0 Å². The lowest BCUT2D eigenvalue weighted by Crippen LogP contribution is -1.96. The zero-order chi connectivity index (χ0) is 12.1. The number of ether oxygens (including phenoxy) is 1. The van der Waals surface area contributed by atoms with Crippen molar-refractivity contribution >= 4 is 46.5 Å². The summed E-state index contributed by atoms with van der Waals surface area (Å²) in [4.78, 5) is 10.8. The largest absolute Gasteiger partial charge is 0.466 e. The van der Waals surface area contributed by atoms with E-state index in [0.717, 1.165) is 0 Å².